The number of carbonyl (C=O) groups excluding carboxylic acids is 2. The lowest BCUT2D eigenvalue weighted by atomic mass is 10.1. The van der Waals surface area contributed by atoms with Crippen LogP contribution in [0, 0.1) is 0 Å². The normalized spacial score (nSPS) is 13.6. The molecule has 160 valence electrons. The molecule has 2 amide bonds. The number of methoxy groups -OCH3 is 3. The molecule has 0 saturated carbocycles. The SMILES string of the molecule is COc1ccc(C(=O)N2CCN(C(=O)COc3ccccc3OC)CC2)c(OC)c1. The molecule has 0 unspecified atom stereocenters. The van der Waals surface area contributed by atoms with Crippen molar-refractivity contribution >= 4 is 11.8 Å². The van der Waals surface area contributed by atoms with Gasteiger partial charge in [0, 0.05) is 32.2 Å². The van der Waals surface area contributed by atoms with E-state index in [1.54, 1.807) is 54.4 Å². The Morgan fingerprint density at radius 3 is 2.07 bits per heavy atom. The van der Waals surface area contributed by atoms with Gasteiger partial charge >= 0.3 is 0 Å². The summed E-state index contributed by atoms with van der Waals surface area (Å²) in [5, 5.41) is 0. The van der Waals surface area contributed by atoms with E-state index >= 15 is 0 Å². The van der Waals surface area contributed by atoms with E-state index in [2.05, 4.69) is 0 Å². The number of hydrogen-bond acceptors (Lipinski definition) is 6. The van der Waals surface area contributed by atoms with E-state index in [0.29, 0.717) is 54.7 Å². The van der Waals surface area contributed by atoms with Gasteiger partial charge in [0.25, 0.3) is 11.8 Å². The Hall–Kier alpha value is -3.42. The molecule has 30 heavy (non-hydrogen) atoms. The molecular formula is C22H26N2O6. The van der Waals surface area contributed by atoms with Crippen LogP contribution in [0.5, 0.6) is 23.0 Å². The summed E-state index contributed by atoms with van der Waals surface area (Å²) < 4.78 is 21.4. The van der Waals surface area contributed by atoms with Gasteiger partial charge in [-0.15, -0.1) is 0 Å². The zero-order valence-corrected chi connectivity index (χ0v) is 17.4. The molecule has 1 fully saturated rings. The first-order chi connectivity index (χ1) is 14.6. The Bertz CT molecular complexity index is 893. The van der Waals surface area contributed by atoms with Crippen molar-refractivity contribution in [1.82, 2.24) is 9.80 Å². The topological polar surface area (TPSA) is 77.5 Å². The highest BCUT2D eigenvalue weighted by atomic mass is 16.5. The lowest BCUT2D eigenvalue weighted by molar-refractivity contribution is -0.134. The fourth-order valence-corrected chi connectivity index (χ4v) is 3.27. The molecule has 1 heterocycles. The van der Waals surface area contributed by atoms with Crippen molar-refractivity contribution in [2.45, 2.75) is 0 Å². The van der Waals surface area contributed by atoms with E-state index in [9.17, 15) is 9.59 Å². The summed E-state index contributed by atoms with van der Waals surface area (Å²) in [6, 6.07) is 12.3. The van der Waals surface area contributed by atoms with Crippen LogP contribution in [0.3, 0.4) is 0 Å². The van der Waals surface area contributed by atoms with Gasteiger partial charge in [0.1, 0.15) is 11.5 Å². The molecule has 3 rings (SSSR count). The Morgan fingerprint density at radius 2 is 1.43 bits per heavy atom. The summed E-state index contributed by atoms with van der Waals surface area (Å²) in [6.45, 7) is 1.68. The highest BCUT2D eigenvalue weighted by molar-refractivity contribution is 5.97. The van der Waals surface area contributed by atoms with Gasteiger partial charge in [-0.05, 0) is 24.3 Å². The predicted molar refractivity (Wildman–Crippen MR) is 111 cm³/mol. The van der Waals surface area contributed by atoms with Gasteiger partial charge in [-0.2, -0.15) is 0 Å². The fraction of sp³-hybridized carbons (Fsp3) is 0.364. The standard InChI is InChI=1S/C22H26N2O6/c1-27-16-8-9-17(20(14-16)29-3)22(26)24-12-10-23(11-13-24)21(25)15-30-19-7-5-4-6-18(19)28-2/h4-9,14H,10-13,15H2,1-3H3. The number of piperazine rings is 1. The quantitative estimate of drug-likeness (QED) is 0.690. The van der Waals surface area contributed by atoms with E-state index in [1.807, 2.05) is 12.1 Å². The van der Waals surface area contributed by atoms with E-state index in [1.165, 1.54) is 7.11 Å². The minimum absolute atomic E-state index is 0.0827. The second kappa shape index (κ2) is 9.87. The van der Waals surface area contributed by atoms with Crippen LogP contribution in [0.15, 0.2) is 42.5 Å². The molecule has 1 aliphatic heterocycles. The fourth-order valence-electron chi connectivity index (χ4n) is 3.27. The van der Waals surface area contributed by atoms with Crippen molar-refractivity contribution in [2.24, 2.45) is 0 Å². The van der Waals surface area contributed by atoms with Gasteiger partial charge in [0.2, 0.25) is 0 Å². The van der Waals surface area contributed by atoms with Crippen LogP contribution < -0.4 is 18.9 Å². The van der Waals surface area contributed by atoms with Crippen molar-refractivity contribution in [1.29, 1.82) is 0 Å². The van der Waals surface area contributed by atoms with Crippen LogP contribution in [-0.4, -0.2) is 75.7 Å². The number of carbonyl (C=O) groups is 2. The molecule has 1 aliphatic rings. The highest BCUT2D eigenvalue weighted by Gasteiger charge is 2.27. The number of rotatable bonds is 7. The Kier molecular flexibility index (Phi) is 7.00. The van der Waals surface area contributed by atoms with E-state index in [0.717, 1.165) is 0 Å². The number of hydrogen-bond donors (Lipinski definition) is 0. The minimum atomic E-state index is -0.133. The van der Waals surface area contributed by atoms with E-state index < -0.39 is 0 Å². The summed E-state index contributed by atoms with van der Waals surface area (Å²) in [6.07, 6.45) is 0. The summed E-state index contributed by atoms with van der Waals surface area (Å²) in [4.78, 5) is 28.8. The van der Waals surface area contributed by atoms with E-state index in [-0.39, 0.29) is 18.4 Å². The first-order valence-corrected chi connectivity index (χ1v) is 9.62. The zero-order chi connectivity index (χ0) is 21.5. The van der Waals surface area contributed by atoms with Crippen molar-refractivity contribution in [3.8, 4) is 23.0 Å². The Labute approximate surface area is 175 Å². The third-order valence-corrected chi connectivity index (χ3v) is 4.98. The van der Waals surface area contributed by atoms with Crippen molar-refractivity contribution in [3.05, 3.63) is 48.0 Å². The lowest BCUT2D eigenvalue weighted by Crippen LogP contribution is -2.51. The predicted octanol–water partition coefficient (Wildman–Crippen LogP) is 2.08. The van der Waals surface area contributed by atoms with Gasteiger partial charge < -0.3 is 28.7 Å². The maximum absolute atomic E-state index is 12.9. The number of nitrogens with zero attached hydrogens (tertiary/aromatic N) is 2. The van der Waals surface area contributed by atoms with Crippen LogP contribution >= 0.6 is 0 Å². The molecule has 0 N–H and O–H groups in total. The maximum Gasteiger partial charge on any atom is 0.260 e. The van der Waals surface area contributed by atoms with Gasteiger partial charge in [-0.25, -0.2) is 0 Å². The zero-order valence-electron chi connectivity index (χ0n) is 17.4. The molecule has 1 saturated heterocycles. The number of benzene rings is 2. The average molecular weight is 414 g/mol. The number of ether oxygens (including phenoxy) is 4. The molecule has 0 aliphatic carbocycles. The van der Waals surface area contributed by atoms with Gasteiger partial charge in [-0.1, -0.05) is 12.1 Å². The van der Waals surface area contributed by atoms with Crippen molar-refractivity contribution < 1.29 is 28.5 Å². The third-order valence-electron chi connectivity index (χ3n) is 4.98. The highest BCUT2D eigenvalue weighted by Crippen LogP contribution is 2.27. The number of para-hydroxylation sites is 2. The van der Waals surface area contributed by atoms with Gasteiger partial charge in [-0.3, -0.25) is 9.59 Å². The first-order valence-electron chi connectivity index (χ1n) is 9.62. The van der Waals surface area contributed by atoms with E-state index in [4.69, 9.17) is 18.9 Å². The van der Waals surface area contributed by atoms with Crippen LogP contribution in [-0.2, 0) is 4.79 Å². The first kappa shape index (κ1) is 21.3. The maximum atomic E-state index is 12.9. The molecule has 0 spiro atoms. The molecule has 0 radical (unpaired) electrons. The molecule has 2 aromatic rings. The smallest absolute Gasteiger partial charge is 0.260 e. The molecular weight excluding hydrogens is 388 g/mol. The molecule has 0 aromatic heterocycles. The second-order valence-electron chi connectivity index (χ2n) is 6.68. The molecule has 8 heteroatoms. The Morgan fingerprint density at radius 1 is 0.800 bits per heavy atom. The number of amides is 2. The molecule has 8 nitrogen and oxygen atoms in total. The third kappa shape index (κ3) is 4.76. The van der Waals surface area contributed by atoms with Crippen LogP contribution in [0.25, 0.3) is 0 Å². The minimum Gasteiger partial charge on any atom is -0.497 e. The van der Waals surface area contributed by atoms with Crippen LogP contribution in [0.4, 0.5) is 0 Å². The molecule has 2 aromatic carbocycles. The molecule has 0 atom stereocenters. The average Bonchev–Trinajstić information content (AvgIpc) is 2.81. The van der Waals surface area contributed by atoms with Gasteiger partial charge in [0.15, 0.2) is 18.1 Å². The largest absolute Gasteiger partial charge is 0.497 e. The summed E-state index contributed by atoms with van der Waals surface area (Å²) in [5.74, 6) is 1.92. The van der Waals surface area contributed by atoms with Crippen LogP contribution in [0.1, 0.15) is 10.4 Å². The lowest BCUT2D eigenvalue weighted by Gasteiger charge is -2.35. The summed E-state index contributed by atoms with van der Waals surface area (Å²) in [7, 11) is 4.63. The Balaban J connectivity index is 1.55. The summed E-state index contributed by atoms with van der Waals surface area (Å²) >= 11 is 0. The molecule has 0 bridgehead atoms. The van der Waals surface area contributed by atoms with Crippen LogP contribution in [0.2, 0.25) is 0 Å². The van der Waals surface area contributed by atoms with Crippen molar-refractivity contribution in [3.63, 3.8) is 0 Å². The van der Waals surface area contributed by atoms with Gasteiger partial charge in [0.05, 0.1) is 26.9 Å². The second-order valence-corrected chi connectivity index (χ2v) is 6.68. The van der Waals surface area contributed by atoms with Crippen molar-refractivity contribution in [2.75, 3.05) is 54.1 Å². The summed E-state index contributed by atoms with van der Waals surface area (Å²) in [5.41, 5.74) is 0.470. The monoisotopic (exact) mass is 414 g/mol.